The van der Waals surface area contributed by atoms with Crippen molar-refractivity contribution in [1.82, 2.24) is 9.47 Å². The molecule has 0 spiro atoms. The van der Waals surface area contributed by atoms with Gasteiger partial charge in [-0.3, -0.25) is 14.2 Å². The lowest BCUT2D eigenvalue weighted by atomic mass is 9.90. The minimum Gasteiger partial charge on any atom is -0.350 e. The normalized spacial score (nSPS) is 15.4. The number of fused-ring (bicyclic) bond motifs is 1. The van der Waals surface area contributed by atoms with Crippen molar-refractivity contribution >= 4 is 26.8 Å². The minimum atomic E-state index is -5.84. The number of ketones is 1. The van der Waals surface area contributed by atoms with Gasteiger partial charge in [0.15, 0.2) is 5.78 Å². The van der Waals surface area contributed by atoms with Crippen LogP contribution in [0.2, 0.25) is 0 Å². The Kier molecular flexibility index (Phi) is 9.09. The molecule has 1 N–H and O–H groups in total. The van der Waals surface area contributed by atoms with Crippen molar-refractivity contribution in [2.24, 2.45) is 13.0 Å². The predicted octanol–water partition coefficient (Wildman–Crippen LogP) is 5.73. The number of Topliss-reactive ketones (excluding diaryl/α,β-unsaturated/α-hetero) is 1. The fraction of sp³-hybridized carbons (Fsp3) is 0.400. The summed E-state index contributed by atoms with van der Waals surface area (Å²) in [5.41, 5.74) is -3.04. The molecule has 3 aromatic rings. The number of likely N-dealkylation sites (tertiary alicyclic amines) is 1. The molecule has 4 rings (SSSR count). The van der Waals surface area contributed by atoms with Crippen LogP contribution in [0, 0.1) is 17.6 Å². The number of rotatable bonds is 6. The van der Waals surface area contributed by atoms with Crippen molar-refractivity contribution in [3.05, 3.63) is 71.4 Å². The van der Waals surface area contributed by atoms with E-state index in [1.54, 1.807) is 18.2 Å². The molecule has 1 saturated heterocycles. The highest BCUT2D eigenvalue weighted by molar-refractivity contribution is 7.86. The van der Waals surface area contributed by atoms with E-state index in [1.165, 1.54) is 18.2 Å². The lowest BCUT2D eigenvalue weighted by molar-refractivity contribution is -0.0510. The third-order valence-corrected chi connectivity index (χ3v) is 6.91. The molecule has 37 heavy (non-hydrogen) atoms. The maximum absolute atomic E-state index is 13.6. The molecular weight excluding hydrogens is 519 g/mol. The van der Waals surface area contributed by atoms with Crippen LogP contribution in [-0.4, -0.2) is 46.8 Å². The van der Waals surface area contributed by atoms with Gasteiger partial charge in [0.25, 0.3) is 0 Å². The zero-order valence-electron chi connectivity index (χ0n) is 20.0. The summed E-state index contributed by atoms with van der Waals surface area (Å²) < 4.78 is 86.4. The van der Waals surface area contributed by atoms with Gasteiger partial charge in [-0.1, -0.05) is 12.1 Å². The molecule has 12 heteroatoms. The van der Waals surface area contributed by atoms with Gasteiger partial charge in [0.1, 0.15) is 11.6 Å². The van der Waals surface area contributed by atoms with E-state index in [0.717, 1.165) is 50.0 Å². The van der Waals surface area contributed by atoms with Gasteiger partial charge in [0.2, 0.25) is 0 Å². The average Bonchev–Trinajstić information content (AvgIpc) is 3.13. The molecule has 2 heterocycles. The van der Waals surface area contributed by atoms with E-state index >= 15 is 0 Å². The second kappa shape index (κ2) is 11.7. The van der Waals surface area contributed by atoms with E-state index in [0.29, 0.717) is 23.3 Å². The molecular formula is C25H27F5N2O4S. The molecule has 202 valence electrons. The highest BCUT2D eigenvalue weighted by Gasteiger charge is 2.44. The molecule has 2 aromatic carbocycles. The van der Waals surface area contributed by atoms with Crippen LogP contribution in [0.25, 0.3) is 10.9 Å². The van der Waals surface area contributed by atoms with Crippen molar-refractivity contribution in [3.63, 3.8) is 0 Å². The number of alkyl halides is 3. The van der Waals surface area contributed by atoms with E-state index < -0.39 is 15.6 Å². The Morgan fingerprint density at radius 3 is 2.27 bits per heavy atom. The number of piperidine rings is 1. The van der Waals surface area contributed by atoms with Gasteiger partial charge in [-0.25, -0.2) is 8.78 Å². The van der Waals surface area contributed by atoms with Crippen LogP contribution in [0.3, 0.4) is 0 Å². The smallest absolute Gasteiger partial charge is 0.350 e. The molecule has 0 atom stereocenters. The Morgan fingerprint density at radius 1 is 1.05 bits per heavy atom. The van der Waals surface area contributed by atoms with Gasteiger partial charge >= 0.3 is 15.6 Å². The molecule has 1 aromatic heterocycles. The fourth-order valence-electron chi connectivity index (χ4n) is 4.38. The molecule has 0 bridgehead atoms. The number of aryl methyl sites for hydroxylation is 1. The summed E-state index contributed by atoms with van der Waals surface area (Å²) >= 11 is 0. The standard InChI is InChI=1S/C24H26F2N2O.CHF3O3S/c1-27-16-22(21-14-20(26)6-7-23(21)27)24(29)8-5-17-9-11-28(12-10-17)15-18-3-2-4-19(25)13-18;2-1(3,4)8(5,6)7/h2-4,6-7,13-14,16-17H,5,8-12,15H2,1H3;(H,5,6,7). The van der Waals surface area contributed by atoms with Crippen LogP contribution in [0.15, 0.2) is 48.7 Å². The van der Waals surface area contributed by atoms with Crippen LogP contribution < -0.4 is 0 Å². The first-order valence-electron chi connectivity index (χ1n) is 11.5. The summed E-state index contributed by atoms with van der Waals surface area (Å²) in [7, 11) is -3.96. The van der Waals surface area contributed by atoms with Crippen LogP contribution in [-0.2, 0) is 23.7 Å². The lowest BCUT2D eigenvalue weighted by Crippen LogP contribution is -2.33. The maximum atomic E-state index is 13.6. The Morgan fingerprint density at radius 2 is 1.68 bits per heavy atom. The number of carbonyl (C=O) groups is 1. The zero-order valence-corrected chi connectivity index (χ0v) is 20.8. The van der Waals surface area contributed by atoms with Crippen molar-refractivity contribution in [2.75, 3.05) is 13.1 Å². The largest absolute Gasteiger partial charge is 0.522 e. The lowest BCUT2D eigenvalue weighted by Gasteiger charge is -2.32. The topological polar surface area (TPSA) is 79.6 Å². The van der Waals surface area contributed by atoms with Gasteiger partial charge in [-0.05, 0) is 74.2 Å². The maximum Gasteiger partial charge on any atom is 0.522 e. The minimum absolute atomic E-state index is 0.0865. The van der Waals surface area contributed by atoms with Gasteiger partial charge < -0.3 is 4.57 Å². The number of benzene rings is 2. The number of nitrogens with zero attached hydrogens (tertiary/aromatic N) is 2. The SMILES string of the molecule is Cn1cc(C(=O)CCC2CCN(Cc3cccc(F)c3)CC2)c2cc(F)ccc21.O=S(=O)(O)C(F)(F)F. The number of aromatic nitrogens is 1. The van der Waals surface area contributed by atoms with Gasteiger partial charge in [-0.2, -0.15) is 21.6 Å². The molecule has 0 amide bonds. The van der Waals surface area contributed by atoms with Crippen molar-refractivity contribution in [3.8, 4) is 0 Å². The van der Waals surface area contributed by atoms with E-state index in [9.17, 15) is 26.7 Å². The molecule has 0 unspecified atom stereocenters. The van der Waals surface area contributed by atoms with Crippen molar-refractivity contribution in [2.45, 2.75) is 37.7 Å². The highest BCUT2D eigenvalue weighted by atomic mass is 32.2. The number of hydrogen-bond donors (Lipinski definition) is 1. The zero-order chi connectivity index (χ0) is 27.4. The molecule has 6 nitrogen and oxygen atoms in total. The van der Waals surface area contributed by atoms with E-state index in [2.05, 4.69) is 4.90 Å². The quantitative estimate of drug-likeness (QED) is 0.185. The first-order chi connectivity index (χ1) is 17.2. The second-order valence-electron chi connectivity index (χ2n) is 9.05. The van der Waals surface area contributed by atoms with Crippen LogP contribution in [0.4, 0.5) is 22.0 Å². The van der Waals surface area contributed by atoms with Crippen molar-refractivity contribution < 1.29 is 39.7 Å². The average molecular weight is 547 g/mol. The number of halogens is 5. The number of hydrogen-bond acceptors (Lipinski definition) is 4. The van der Waals surface area contributed by atoms with Crippen LogP contribution >= 0.6 is 0 Å². The Hall–Kier alpha value is -2.83. The summed E-state index contributed by atoms with van der Waals surface area (Å²) in [6.45, 7) is 2.70. The number of carbonyl (C=O) groups excluding carboxylic acids is 1. The Balaban J connectivity index is 0.000000414. The van der Waals surface area contributed by atoms with Crippen LogP contribution in [0.1, 0.15) is 41.6 Å². The summed E-state index contributed by atoms with van der Waals surface area (Å²) in [5, 5.41) is 0.697. The molecule has 1 aliphatic heterocycles. The molecule has 0 saturated carbocycles. The summed E-state index contributed by atoms with van der Waals surface area (Å²) in [5.74, 6) is 0.102. The first-order valence-corrected chi connectivity index (χ1v) is 13.0. The van der Waals surface area contributed by atoms with E-state index in [1.807, 2.05) is 23.9 Å². The Labute approximate surface area is 211 Å². The van der Waals surface area contributed by atoms with Gasteiger partial charge in [-0.15, -0.1) is 0 Å². The summed E-state index contributed by atoms with van der Waals surface area (Å²) in [6, 6.07) is 11.4. The first kappa shape index (κ1) is 28.7. The third kappa shape index (κ3) is 7.83. The second-order valence-corrected chi connectivity index (χ2v) is 10.5. The summed E-state index contributed by atoms with van der Waals surface area (Å²) in [6.07, 6.45) is 5.26. The molecule has 1 aliphatic rings. The summed E-state index contributed by atoms with van der Waals surface area (Å²) in [4.78, 5) is 15.1. The van der Waals surface area contributed by atoms with Crippen molar-refractivity contribution in [1.29, 1.82) is 0 Å². The third-order valence-electron chi connectivity index (χ3n) is 6.33. The molecule has 1 fully saturated rings. The molecule has 0 radical (unpaired) electrons. The molecule has 0 aliphatic carbocycles. The van der Waals surface area contributed by atoms with Gasteiger partial charge in [0.05, 0.1) is 0 Å². The fourth-order valence-corrected chi connectivity index (χ4v) is 4.38. The van der Waals surface area contributed by atoms with Gasteiger partial charge in [0, 0.05) is 42.7 Å². The van der Waals surface area contributed by atoms with E-state index in [-0.39, 0.29) is 17.4 Å². The highest BCUT2D eigenvalue weighted by Crippen LogP contribution is 2.27. The monoisotopic (exact) mass is 546 g/mol. The van der Waals surface area contributed by atoms with E-state index in [4.69, 9.17) is 13.0 Å². The Bertz CT molecular complexity index is 1350. The predicted molar refractivity (Wildman–Crippen MR) is 128 cm³/mol. The van der Waals surface area contributed by atoms with Crippen LogP contribution in [0.5, 0.6) is 0 Å².